The zero-order chi connectivity index (χ0) is 38.5. The molecule has 51 heavy (non-hydrogen) atoms. The van der Waals surface area contributed by atoms with Gasteiger partial charge in [-0.2, -0.15) is 0 Å². The maximum absolute atomic E-state index is 13.2. The van der Waals surface area contributed by atoms with Gasteiger partial charge >= 0.3 is 0 Å². The van der Waals surface area contributed by atoms with E-state index in [2.05, 4.69) is 31.9 Å². The van der Waals surface area contributed by atoms with E-state index in [1.54, 1.807) is 44.2 Å². The summed E-state index contributed by atoms with van der Waals surface area (Å²) in [6, 6.07) is 4.17. The van der Waals surface area contributed by atoms with Crippen LogP contribution in [0.3, 0.4) is 0 Å². The van der Waals surface area contributed by atoms with E-state index in [4.69, 9.17) is 17.2 Å². The number of carbonyl (C=O) groups excluding carboxylic acids is 9. The van der Waals surface area contributed by atoms with Crippen LogP contribution in [-0.4, -0.2) is 113 Å². The number of nitrogens with one attached hydrogen (secondary N) is 6. The summed E-state index contributed by atoms with van der Waals surface area (Å²) in [5, 5.41) is 14.9. The summed E-state index contributed by atoms with van der Waals surface area (Å²) in [7, 11) is 0. The quantitative estimate of drug-likeness (QED) is 0.0497. The van der Waals surface area contributed by atoms with Gasteiger partial charge in [-0.1, -0.05) is 50.6 Å². The highest BCUT2D eigenvalue weighted by molar-refractivity contribution is 8.00. The largest absolute Gasteiger partial charge is 0.369 e. The van der Waals surface area contributed by atoms with Gasteiger partial charge in [-0.3, -0.25) is 43.2 Å². The van der Waals surface area contributed by atoms with E-state index in [0.717, 1.165) is 23.5 Å². The Labute approximate surface area is 304 Å². The molecule has 0 aliphatic rings. The second kappa shape index (κ2) is 23.5. The summed E-state index contributed by atoms with van der Waals surface area (Å²) < 4.78 is 0. The van der Waals surface area contributed by atoms with Crippen LogP contribution in [-0.2, 0) is 49.6 Å². The molecular weight excluding hydrogens is 707 g/mol. The zero-order valence-electron chi connectivity index (χ0n) is 28.7. The van der Waals surface area contributed by atoms with Gasteiger partial charge < -0.3 is 49.1 Å². The number of thioether (sulfide) groups is 2. The fourth-order valence-electron chi connectivity index (χ4n) is 4.25. The van der Waals surface area contributed by atoms with Crippen LogP contribution in [0.2, 0.25) is 0 Å². The van der Waals surface area contributed by atoms with Crippen LogP contribution in [0, 0.1) is 5.92 Å². The topological polar surface area (TPSA) is 304 Å². The van der Waals surface area contributed by atoms with Crippen LogP contribution in [0.5, 0.6) is 0 Å². The smallest absolute Gasteiger partial charge is 0.244 e. The summed E-state index contributed by atoms with van der Waals surface area (Å²) in [5.74, 6) is -6.79. The first-order chi connectivity index (χ1) is 24.0. The highest BCUT2D eigenvalue weighted by Crippen LogP contribution is 2.10. The maximum atomic E-state index is 13.2. The Hall–Kier alpha value is -4.85. The molecule has 0 aromatic heterocycles. The summed E-state index contributed by atoms with van der Waals surface area (Å²) in [6.45, 7) is 3.57. The Bertz CT molecular complexity index is 1400. The van der Waals surface area contributed by atoms with Crippen LogP contribution in [0.15, 0.2) is 30.3 Å². The predicted molar refractivity (Wildman–Crippen MR) is 191 cm³/mol. The Kier molecular flexibility index (Phi) is 20.4. The SMILES string of the molecule is CC[C@H](C)[C@H](NC(=O)[C@H](CSCC(N)=O)NC(C)=O)C(=O)NCC(=O)N[C@@H](Cc1ccccc1)C(=O)NCC(=O)N[C@@H](CSCC(N)=O)C(N)=O. The number of carbonyl (C=O) groups is 9. The molecular formula is C31H47N9O9S2. The number of primary amides is 3. The fraction of sp³-hybridized carbons (Fsp3) is 0.516. The standard InChI is InChI=1S/C31H47N9O9S2/c1-4-17(2)27(40-30(48)22(37-18(3)41)14-51-16-24(33)43)31(49)36-12-25(44)38-20(10-19-8-6-5-7-9-19)29(47)35-11-26(45)39-21(28(34)46)13-50-15-23(32)42/h5-9,17,20-22,27H,4,10-16H2,1-3H3,(H2,32,42)(H2,33,43)(H2,34,46)(H,35,47)(H,36,49)(H,37,41)(H,38,44)(H,39,45)(H,40,48)/t17-,20-,21-,22-,27-/m0/s1. The number of nitrogens with two attached hydrogens (primary N) is 3. The average Bonchev–Trinajstić information content (AvgIpc) is 3.06. The third kappa shape index (κ3) is 18.6. The number of hydrogen-bond acceptors (Lipinski definition) is 11. The van der Waals surface area contributed by atoms with E-state index < -0.39 is 96.3 Å². The van der Waals surface area contributed by atoms with Gasteiger partial charge in [0.05, 0.1) is 24.6 Å². The van der Waals surface area contributed by atoms with Gasteiger partial charge in [0.1, 0.15) is 24.2 Å². The molecule has 0 fully saturated rings. The van der Waals surface area contributed by atoms with E-state index in [0.29, 0.717) is 12.0 Å². The van der Waals surface area contributed by atoms with Gasteiger partial charge in [-0.15, -0.1) is 23.5 Å². The minimum atomic E-state index is -1.19. The second-order valence-corrected chi connectivity index (χ2v) is 13.4. The molecule has 0 aliphatic heterocycles. The summed E-state index contributed by atoms with van der Waals surface area (Å²) in [4.78, 5) is 110. The van der Waals surface area contributed by atoms with Crippen molar-refractivity contribution in [3.8, 4) is 0 Å². The van der Waals surface area contributed by atoms with Crippen molar-refractivity contribution in [3.05, 3.63) is 35.9 Å². The molecule has 0 saturated carbocycles. The number of rotatable bonds is 24. The first-order valence-corrected chi connectivity index (χ1v) is 18.1. The Morgan fingerprint density at radius 2 is 1.18 bits per heavy atom. The maximum Gasteiger partial charge on any atom is 0.244 e. The third-order valence-corrected chi connectivity index (χ3v) is 9.12. The molecule has 20 heteroatoms. The van der Waals surface area contributed by atoms with E-state index in [-0.39, 0.29) is 29.4 Å². The summed E-state index contributed by atoms with van der Waals surface area (Å²) >= 11 is 2.02. The van der Waals surface area contributed by atoms with Crippen molar-refractivity contribution in [2.45, 2.75) is 57.8 Å². The van der Waals surface area contributed by atoms with E-state index in [9.17, 15) is 43.2 Å². The minimum Gasteiger partial charge on any atom is -0.369 e. The Morgan fingerprint density at radius 1 is 0.667 bits per heavy atom. The molecule has 1 rings (SSSR count). The lowest BCUT2D eigenvalue weighted by molar-refractivity contribution is -0.133. The van der Waals surface area contributed by atoms with Crippen molar-refractivity contribution < 1.29 is 43.2 Å². The normalized spacial score (nSPS) is 13.5. The molecule has 5 atom stereocenters. The van der Waals surface area contributed by atoms with Crippen molar-refractivity contribution in [2.24, 2.45) is 23.1 Å². The molecule has 282 valence electrons. The summed E-state index contributed by atoms with van der Waals surface area (Å²) in [6.07, 6.45) is 0.483. The molecule has 1 aromatic rings. The number of benzene rings is 1. The monoisotopic (exact) mass is 753 g/mol. The lowest BCUT2D eigenvalue weighted by atomic mass is 9.98. The second-order valence-electron chi connectivity index (χ2n) is 11.4. The number of amides is 9. The Morgan fingerprint density at radius 3 is 1.67 bits per heavy atom. The molecule has 0 bridgehead atoms. The molecule has 0 radical (unpaired) electrons. The zero-order valence-corrected chi connectivity index (χ0v) is 30.3. The summed E-state index contributed by atoms with van der Waals surface area (Å²) in [5.41, 5.74) is 16.2. The highest BCUT2D eigenvalue weighted by atomic mass is 32.2. The molecule has 12 N–H and O–H groups in total. The molecule has 0 aliphatic carbocycles. The lowest BCUT2D eigenvalue weighted by Gasteiger charge is -2.26. The molecule has 0 unspecified atom stereocenters. The van der Waals surface area contributed by atoms with Crippen LogP contribution >= 0.6 is 23.5 Å². The van der Waals surface area contributed by atoms with Gasteiger partial charge in [0.15, 0.2) is 0 Å². The molecule has 18 nitrogen and oxygen atoms in total. The van der Waals surface area contributed by atoms with Crippen molar-refractivity contribution in [2.75, 3.05) is 36.1 Å². The highest BCUT2D eigenvalue weighted by Gasteiger charge is 2.30. The van der Waals surface area contributed by atoms with Crippen molar-refractivity contribution >= 4 is 76.7 Å². The van der Waals surface area contributed by atoms with Crippen LogP contribution in [0.25, 0.3) is 0 Å². The van der Waals surface area contributed by atoms with E-state index >= 15 is 0 Å². The van der Waals surface area contributed by atoms with Crippen LogP contribution < -0.4 is 49.1 Å². The van der Waals surface area contributed by atoms with Crippen molar-refractivity contribution in [1.82, 2.24) is 31.9 Å². The first-order valence-electron chi connectivity index (χ1n) is 15.8. The molecule has 9 amide bonds. The molecule has 0 saturated heterocycles. The predicted octanol–water partition coefficient (Wildman–Crippen LogP) is -3.61. The van der Waals surface area contributed by atoms with Gasteiger partial charge in [0.25, 0.3) is 0 Å². The van der Waals surface area contributed by atoms with Gasteiger partial charge in [-0.25, -0.2) is 0 Å². The van der Waals surface area contributed by atoms with Gasteiger partial charge in [-0.05, 0) is 11.5 Å². The van der Waals surface area contributed by atoms with Crippen molar-refractivity contribution in [3.63, 3.8) is 0 Å². The minimum absolute atomic E-state index is 0.0138. The van der Waals surface area contributed by atoms with Gasteiger partial charge in [0.2, 0.25) is 53.2 Å². The molecule has 0 spiro atoms. The average molecular weight is 754 g/mol. The fourth-order valence-corrected chi connectivity index (χ4v) is 5.84. The Balaban J connectivity index is 2.93. The van der Waals surface area contributed by atoms with Gasteiger partial charge in [0, 0.05) is 24.9 Å². The van der Waals surface area contributed by atoms with Crippen LogP contribution in [0.1, 0.15) is 32.8 Å². The number of hydrogen-bond donors (Lipinski definition) is 9. The van der Waals surface area contributed by atoms with E-state index in [1.807, 2.05) is 0 Å². The van der Waals surface area contributed by atoms with Crippen LogP contribution in [0.4, 0.5) is 0 Å². The lowest BCUT2D eigenvalue weighted by Crippen LogP contribution is -2.57. The molecule has 0 heterocycles. The third-order valence-electron chi connectivity index (χ3n) is 7.00. The van der Waals surface area contributed by atoms with Crippen molar-refractivity contribution in [1.29, 1.82) is 0 Å². The first kappa shape index (κ1) is 44.2. The molecule has 1 aromatic carbocycles. The van der Waals surface area contributed by atoms with E-state index in [1.165, 1.54) is 6.92 Å².